The Morgan fingerprint density at radius 2 is 2.06 bits per heavy atom. The first-order valence-corrected chi connectivity index (χ1v) is 9.83. The molecule has 0 spiro atoms. The van der Waals surface area contributed by atoms with Crippen LogP contribution in [0.25, 0.3) is 0 Å². The average molecular weight is 268 g/mol. The molecule has 0 unspecified atom stereocenters. The fourth-order valence-corrected chi connectivity index (χ4v) is 3.10. The molecule has 0 aromatic carbocycles. The smallest absolute Gasteiger partial charge is 0.407 e. The van der Waals surface area contributed by atoms with Gasteiger partial charge >= 0.3 is 6.09 Å². The van der Waals surface area contributed by atoms with Crippen LogP contribution >= 0.6 is 0 Å². The Hall–Kier alpha value is -1.30. The normalized spacial score (nSPS) is 18.1. The first-order chi connectivity index (χ1) is 8.38. The molecular weight excluding hydrogens is 248 g/mol. The van der Waals surface area contributed by atoms with Crippen LogP contribution in [0, 0.1) is 0 Å². The number of rotatable bonds is 2. The van der Waals surface area contributed by atoms with Crippen molar-refractivity contribution in [3.63, 3.8) is 0 Å². The van der Waals surface area contributed by atoms with Crippen molar-refractivity contribution in [2.75, 3.05) is 13.1 Å². The van der Waals surface area contributed by atoms with Crippen LogP contribution in [-0.2, 0) is 0 Å². The number of carbonyl (C=O) groups is 1. The molecule has 6 heteroatoms. The van der Waals surface area contributed by atoms with Gasteiger partial charge in [-0.05, 0) is 18.9 Å². The number of aromatic nitrogens is 1. The molecule has 5 nitrogen and oxygen atoms in total. The molecule has 0 atom stereocenters. The molecule has 0 radical (unpaired) electrons. The van der Waals surface area contributed by atoms with Gasteiger partial charge in [-0.2, -0.15) is 0 Å². The molecule has 2 rings (SSSR count). The Labute approximate surface area is 108 Å². The van der Waals surface area contributed by atoms with Crippen molar-refractivity contribution in [3.8, 4) is 0 Å². The lowest BCUT2D eigenvalue weighted by atomic mass is 9.94. The number of likely N-dealkylation sites (tertiary alicyclic amines) is 1. The Kier molecular flexibility index (Phi) is 3.47. The molecular formula is C12H20N2O3Si. The zero-order chi connectivity index (χ0) is 13.3. The standard InChI is InChI=1S/C12H20N2O3Si/c1-18(2,3)11-8-10(13-17-11)9-4-6-14(7-5-9)12(15)16/h8-9H,4-7H2,1-3H3,(H,15,16). The first-order valence-electron chi connectivity index (χ1n) is 6.33. The molecule has 1 saturated heterocycles. The van der Waals surface area contributed by atoms with Crippen LogP contribution in [0.3, 0.4) is 0 Å². The van der Waals surface area contributed by atoms with E-state index >= 15 is 0 Å². The van der Waals surface area contributed by atoms with Gasteiger partial charge in [0.15, 0.2) is 0 Å². The quantitative estimate of drug-likeness (QED) is 0.834. The van der Waals surface area contributed by atoms with E-state index in [-0.39, 0.29) is 0 Å². The second kappa shape index (κ2) is 4.76. The fraction of sp³-hybridized carbons (Fsp3) is 0.667. The molecule has 2 heterocycles. The molecule has 0 bridgehead atoms. The summed E-state index contributed by atoms with van der Waals surface area (Å²) < 4.78 is 5.44. The predicted octanol–water partition coefficient (Wildman–Crippen LogP) is 2.08. The van der Waals surface area contributed by atoms with E-state index in [0.717, 1.165) is 23.9 Å². The van der Waals surface area contributed by atoms with Crippen LogP contribution in [0.4, 0.5) is 4.79 Å². The highest BCUT2D eigenvalue weighted by Crippen LogP contribution is 2.26. The largest absolute Gasteiger partial charge is 0.465 e. The van der Waals surface area contributed by atoms with E-state index in [1.165, 1.54) is 4.90 Å². The van der Waals surface area contributed by atoms with Gasteiger partial charge in [0.05, 0.1) is 5.69 Å². The van der Waals surface area contributed by atoms with E-state index in [1.54, 1.807) is 0 Å². The summed E-state index contributed by atoms with van der Waals surface area (Å²) in [5.41, 5.74) is 0.998. The summed E-state index contributed by atoms with van der Waals surface area (Å²) in [7, 11) is -1.44. The van der Waals surface area contributed by atoms with Crippen LogP contribution < -0.4 is 5.38 Å². The lowest BCUT2D eigenvalue weighted by molar-refractivity contribution is 0.131. The summed E-state index contributed by atoms with van der Waals surface area (Å²) in [5.74, 6) is 0.342. The van der Waals surface area contributed by atoms with Gasteiger partial charge in [-0.3, -0.25) is 0 Å². The molecule has 1 amide bonds. The molecule has 1 aliphatic heterocycles. The predicted molar refractivity (Wildman–Crippen MR) is 71.1 cm³/mol. The minimum atomic E-state index is -1.44. The van der Waals surface area contributed by atoms with E-state index < -0.39 is 14.2 Å². The monoisotopic (exact) mass is 268 g/mol. The molecule has 1 aromatic heterocycles. The molecule has 18 heavy (non-hydrogen) atoms. The van der Waals surface area contributed by atoms with Crippen molar-refractivity contribution in [1.29, 1.82) is 0 Å². The van der Waals surface area contributed by atoms with E-state index in [4.69, 9.17) is 9.63 Å². The van der Waals surface area contributed by atoms with Gasteiger partial charge in [-0.25, -0.2) is 4.79 Å². The number of carboxylic acid groups (broad SMARTS) is 1. The lowest BCUT2D eigenvalue weighted by Crippen LogP contribution is -2.37. The maximum Gasteiger partial charge on any atom is 0.407 e. The fourth-order valence-electron chi connectivity index (χ4n) is 2.20. The van der Waals surface area contributed by atoms with Crippen molar-refractivity contribution in [3.05, 3.63) is 11.8 Å². The highest BCUT2D eigenvalue weighted by molar-refractivity contribution is 6.87. The lowest BCUT2D eigenvalue weighted by Gasteiger charge is -2.28. The van der Waals surface area contributed by atoms with E-state index in [2.05, 4.69) is 30.9 Å². The van der Waals surface area contributed by atoms with Gasteiger partial charge in [0, 0.05) is 19.0 Å². The van der Waals surface area contributed by atoms with Crippen LogP contribution in [0.15, 0.2) is 10.6 Å². The number of amides is 1. The van der Waals surface area contributed by atoms with Crippen molar-refractivity contribution >= 4 is 19.6 Å². The number of nitrogens with zero attached hydrogens (tertiary/aromatic N) is 2. The minimum Gasteiger partial charge on any atom is -0.465 e. The molecule has 100 valence electrons. The second-order valence-electron chi connectivity index (χ2n) is 5.91. The highest BCUT2D eigenvalue weighted by atomic mass is 28.3. The molecule has 1 N–H and O–H groups in total. The van der Waals surface area contributed by atoms with Gasteiger partial charge in [-0.15, -0.1) is 0 Å². The Bertz CT molecular complexity index is 431. The molecule has 1 aromatic rings. The van der Waals surface area contributed by atoms with Crippen molar-refractivity contribution in [2.45, 2.75) is 38.4 Å². The third-order valence-corrected chi connectivity index (χ3v) is 5.17. The van der Waals surface area contributed by atoms with E-state index in [9.17, 15) is 4.79 Å². The summed E-state index contributed by atoms with van der Waals surface area (Å²) in [6, 6.07) is 2.08. The first kappa shape index (κ1) is 13.1. The molecule has 0 aliphatic carbocycles. The Morgan fingerprint density at radius 3 is 2.50 bits per heavy atom. The van der Waals surface area contributed by atoms with Gasteiger partial charge in [-0.1, -0.05) is 24.8 Å². The van der Waals surface area contributed by atoms with Crippen LogP contribution in [0.1, 0.15) is 24.5 Å². The third-order valence-electron chi connectivity index (χ3n) is 3.45. The maximum absolute atomic E-state index is 10.8. The van der Waals surface area contributed by atoms with Crippen LogP contribution in [0.5, 0.6) is 0 Å². The minimum absolute atomic E-state index is 0.342. The third kappa shape index (κ3) is 2.74. The maximum atomic E-state index is 10.8. The Morgan fingerprint density at radius 1 is 1.44 bits per heavy atom. The van der Waals surface area contributed by atoms with E-state index in [0.29, 0.717) is 19.0 Å². The Balaban J connectivity index is 2.02. The van der Waals surface area contributed by atoms with Gasteiger partial charge in [0.1, 0.15) is 13.5 Å². The summed E-state index contributed by atoms with van der Waals surface area (Å²) in [4.78, 5) is 12.3. The van der Waals surface area contributed by atoms with Crippen LogP contribution in [0.2, 0.25) is 19.6 Å². The molecule has 1 fully saturated rings. The SMILES string of the molecule is C[Si](C)(C)c1cc(C2CCN(C(=O)O)CC2)no1. The second-order valence-corrected chi connectivity index (χ2v) is 10.9. The zero-order valence-electron chi connectivity index (χ0n) is 11.1. The number of piperidine rings is 1. The summed E-state index contributed by atoms with van der Waals surface area (Å²) in [5, 5.41) is 14.1. The average Bonchev–Trinajstić information content (AvgIpc) is 2.78. The summed E-state index contributed by atoms with van der Waals surface area (Å²) >= 11 is 0. The van der Waals surface area contributed by atoms with Gasteiger partial charge < -0.3 is 14.5 Å². The summed E-state index contributed by atoms with van der Waals surface area (Å²) in [6.45, 7) is 7.86. The van der Waals surface area contributed by atoms with Crippen molar-refractivity contribution < 1.29 is 14.4 Å². The number of hydrogen-bond acceptors (Lipinski definition) is 3. The summed E-state index contributed by atoms with van der Waals surface area (Å²) in [6.07, 6.45) is 0.852. The molecule has 0 saturated carbocycles. The van der Waals surface area contributed by atoms with Crippen molar-refractivity contribution in [1.82, 2.24) is 10.1 Å². The van der Waals surface area contributed by atoms with Crippen LogP contribution in [-0.4, -0.2) is 42.4 Å². The number of hydrogen-bond donors (Lipinski definition) is 1. The molecule has 1 aliphatic rings. The topological polar surface area (TPSA) is 66.6 Å². The van der Waals surface area contributed by atoms with Crippen molar-refractivity contribution in [2.24, 2.45) is 0 Å². The van der Waals surface area contributed by atoms with Gasteiger partial charge in [0.2, 0.25) is 0 Å². The van der Waals surface area contributed by atoms with E-state index in [1.807, 2.05) is 0 Å². The zero-order valence-corrected chi connectivity index (χ0v) is 12.1. The highest BCUT2D eigenvalue weighted by Gasteiger charge is 2.28. The van der Waals surface area contributed by atoms with Gasteiger partial charge in [0.25, 0.3) is 0 Å².